The van der Waals surface area contributed by atoms with Gasteiger partial charge in [0.1, 0.15) is 5.76 Å². The highest BCUT2D eigenvalue weighted by molar-refractivity contribution is 9.10. The molecule has 0 saturated carbocycles. The third-order valence-electron chi connectivity index (χ3n) is 3.80. The number of rotatable bonds is 6. The maximum atomic E-state index is 12.0. The number of halogens is 1. The van der Waals surface area contributed by atoms with Crippen LogP contribution in [-0.2, 0) is 11.3 Å². The number of furan rings is 1. The second kappa shape index (κ2) is 7.84. The van der Waals surface area contributed by atoms with E-state index in [0.717, 1.165) is 62.3 Å². The summed E-state index contributed by atoms with van der Waals surface area (Å²) in [6, 6.07) is 3.91. The Bertz CT molecular complexity index is 425. The van der Waals surface area contributed by atoms with Gasteiger partial charge in [-0.2, -0.15) is 0 Å². The number of amides is 1. The van der Waals surface area contributed by atoms with Crippen LogP contribution in [0.4, 0.5) is 0 Å². The SMILES string of the molecule is CCCCNC(=O)C1CCN(Cc2ccc(Br)o2)CC1. The molecular weight excluding hydrogens is 320 g/mol. The standard InChI is InChI=1S/C15H23BrN2O2/c1-2-3-8-17-15(19)12-6-9-18(10-7-12)11-13-4-5-14(16)20-13/h4-5,12H,2-3,6-11H2,1H3,(H,17,19). The van der Waals surface area contributed by atoms with Crippen molar-refractivity contribution in [3.63, 3.8) is 0 Å². The number of likely N-dealkylation sites (tertiary alicyclic amines) is 1. The molecule has 1 amide bonds. The van der Waals surface area contributed by atoms with Gasteiger partial charge in [0, 0.05) is 12.5 Å². The van der Waals surface area contributed by atoms with Gasteiger partial charge in [-0.1, -0.05) is 13.3 Å². The summed E-state index contributed by atoms with van der Waals surface area (Å²) in [5, 5.41) is 3.04. The molecule has 1 aliphatic rings. The van der Waals surface area contributed by atoms with Crippen LogP contribution in [0.1, 0.15) is 38.4 Å². The quantitative estimate of drug-likeness (QED) is 0.807. The van der Waals surface area contributed by atoms with Crippen LogP contribution in [0.2, 0.25) is 0 Å². The molecule has 2 rings (SSSR count). The number of hydrogen-bond donors (Lipinski definition) is 1. The van der Waals surface area contributed by atoms with Gasteiger partial charge in [-0.05, 0) is 60.4 Å². The number of nitrogens with one attached hydrogen (secondary N) is 1. The number of hydrogen-bond acceptors (Lipinski definition) is 3. The first-order valence-electron chi connectivity index (χ1n) is 7.43. The molecule has 20 heavy (non-hydrogen) atoms. The van der Waals surface area contributed by atoms with E-state index in [4.69, 9.17) is 4.42 Å². The largest absolute Gasteiger partial charge is 0.453 e. The number of unbranched alkanes of at least 4 members (excludes halogenated alkanes) is 1. The average molecular weight is 343 g/mol. The summed E-state index contributed by atoms with van der Waals surface area (Å²) in [6.07, 6.45) is 4.08. The van der Waals surface area contributed by atoms with Crippen molar-refractivity contribution in [1.82, 2.24) is 10.2 Å². The van der Waals surface area contributed by atoms with Gasteiger partial charge in [-0.15, -0.1) is 0 Å². The smallest absolute Gasteiger partial charge is 0.223 e. The summed E-state index contributed by atoms with van der Waals surface area (Å²) < 4.78 is 6.30. The Morgan fingerprint density at radius 2 is 2.20 bits per heavy atom. The topological polar surface area (TPSA) is 45.5 Å². The predicted molar refractivity (Wildman–Crippen MR) is 82.3 cm³/mol. The molecule has 2 heterocycles. The van der Waals surface area contributed by atoms with Crippen molar-refractivity contribution in [3.05, 3.63) is 22.6 Å². The van der Waals surface area contributed by atoms with Gasteiger partial charge in [-0.3, -0.25) is 9.69 Å². The van der Waals surface area contributed by atoms with Gasteiger partial charge in [0.25, 0.3) is 0 Å². The molecule has 112 valence electrons. The Labute approximate surface area is 129 Å². The van der Waals surface area contributed by atoms with E-state index in [2.05, 4.69) is 33.1 Å². The van der Waals surface area contributed by atoms with Crippen molar-refractivity contribution in [1.29, 1.82) is 0 Å². The number of nitrogens with zero attached hydrogens (tertiary/aromatic N) is 1. The predicted octanol–water partition coefficient (Wildman–Crippen LogP) is 3.17. The molecule has 5 heteroatoms. The van der Waals surface area contributed by atoms with Gasteiger partial charge in [0.15, 0.2) is 4.67 Å². The molecule has 1 N–H and O–H groups in total. The van der Waals surface area contributed by atoms with E-state index in [-0.39, 0.29) is 11.8 Å². The third kappa shape index (κ3) is 4.63. The Morgan fingerprint density at radius 3 is 2.80 bits per heavy atom. The molecular formula is C15H23BrN2O2. The third-order valence-corrected chi connectivity index (χ3v) is 4.22. The summed E-state index contributed by atoms with van der Waals surface area (Å²) in [5.41, 5.74) is 0. The highest BCUT2D eigenvalue weighted by Crippen LogP contribution is 2.21. The van der Waals surface area contributed by atoms with Crippen molar-refractivity contribution in [3.8, 4) is 0 Å². The lowest BCUT2D eigenvalue weighted by Crippen LogP contribution is -2.40. The van der Waals surface area contributed by atoms with Gasteiger partial charge in [0.2, 0.25) is 5.91 Å². The van der Waals surface area contributed by atoms with E-state index in [9.17, 15) is 4.79 Å². The zero-order chi connectivity index (χ0) is 14.4. The average Bonchev–Trinajstić information content (AvgIpc) is 2.85. The van der Waals surface area contributed by atoms with Crippen LogP contribution in [0.5, 0.6) is 0 Å². The van der Waals surface area contributed by atoms with E-state index >= 15 is 0 Å². The van der Waals surface area contributed by atoms with Crippen molar-refractivity contribution in [2.75, 3.05) is 19.6 Å². The molecule has 0 aliphatic carbocycles. The highest BCUT2D eigenvalue weighted by Gasteiger charge is 2.25. The fraction of sp³-hybridized carbons (Fsp3) is 0.667. The molecule has 0 aromatic carbocycles. The monoisotopic (exact) mass is 342 g/mol. The molecule has 1 aromatic rings. The minimum Gasteiger partial charge on any atom is -0.453 e. The summed E-state index contributed by atoms with van der Waals surface area (Å²) in [6.45, 7) is 5.71. The Balaban J connectivity index is 1.70. The van der Waals surface area contributed by atoms with E-state index < -0.39 is 0 Å². The summed E-state index contributed by atoms with van der Waals surface area (Å²) in [5.74, 6) is 1.40. The maximum absolute atomic E-state index is 12.0. The molecule has 1 fully saturated rings. The molecule has 0 bridgehead atoms. The zero-order valence-electron chi connectivity index (χ0n) is 12.0. The van der Waals surface area contributed by atoms with Crippen LogP contribution in [0, 0.1) is 5.92 Å². The Morgan fingerprint density at radius 1 is 1.45 bits per heavy atom. The fourth-order valence-corrected chi connectivity index (χ4v) is 2.88. The maximum Gasteiger partial charge on any atom is 0.223 e. The second-order valence-electron chi connectivity index (χ2n) is 5.40. The van der Waals surface area contributed by atoms with Gasteiger partial charge < -0.3 is 9.73 Å². The first-order valence-corrected chi connectivity index (χ1v) is 8.22. The molecule has 4 nitrogen and oxygen atoms in total. The van der Waals surface area contributed by atoms with Gasteiger partial charge >= 0.3 is 0 Å². The summed E-state index contributed by atoms with van der Waals surface area (Å²) in [4.78, 5) is 14.3. The lowest BCUT2D eigenvalue weighted by atomic mass is 9.96. The Kier molecular flexibility index (Phi) is 6.10. The van der Waals surface area contributed by atoms with Gasteiger partial charge in [-0.25, -0.2) is 0 Å². The van der Waals surface area contributed by atoms with E-state index in [1.165, 1.54) is 0 Å². The Hall–Kier alpha value is -0.810. The number of carbonyl (C=O) groups is 1. The molecule has 0 atom stereocenters. The van der Waals surface area contributed by atoms with Crippen molar-refractivity contribution < 1.29 is 9.21 Å². The van der Waals surface area contributed by atoms with Crippen LogP contribution in [-0.4, -0.2) is 30.4 Å². The second-order valence-corrected chi connectivity index (χ2v) is 6.18. The van der Waals surface area contributed by atoms with E-state index in [1.807, 2.05) is 12.1 Å². The van der Waals surface area contributed by atoms with Crippen LogP contribution < -0.4 is 5.32 Å². The first-order chi connectivity index (χ1) is 9.69. The van der Waals surface area contributed by atoms with Crippen molar-refractivity contribution in [2.45, 2.75) is 39.2 Å². The molecule has 1 aromatic heterocycles. The number of carbonyl (C=O) groups excluding carboxylic acids is 1. The highest BCUT2D eigenvalue weighted by atomic mass is 79.9. The van der Waals surface area contributed by atoms with E-state index in [0.29, 0.717) is 0 Å². The molecule has 1 saturated heterocycles. The summed E-state index contributed by atoms with van der Waals surface area (Å²) in [7, 11) is 0. The first kappa shape index (κ1) is 15.6. The zero-order valence-corrected chi connectivity index (χ0v) is 13.6. The van der Waals surface area contributed by atoms with Crippen LogP contribution in [0.3, 0.4) is 0 Å². The van der Waals surface area contributed by atoms with Crippen LogP contribution in [0.25, 0.3) is 0 Å². The van der Waals surface area contributed by atoms with Crippen molar-refractivity contribution >= 4 is 21.8 Å². The lowest BCUT2D eigenvalue weighted by Gasteiger charge is -2.30. The van der Waals surface area contributed by atoms with Crippen LogP contribution in [0.15, 0.2) is 21.2 Å². The molecule has 0 spiro atoms. The molecule has 0 unspecified atom stereocenters. The van der Waals surface area contributed by atoms with Gasteiger partial charge in [0.05, 0.1) is 6.54 Å². The fourth-order valence-electron chi connectivity index (χ4n) is 2.54. The minimum atomic E-state index is 0.187. The lowest BCUT2D eigenvalue weighted by molar-refractivity contribution is -0.126. The van der Waals surface area contributed by atoms with Crippen molar-refractivity contribution in [2.24, 2.45) is 5.92 Å². The minimum absolute atomic E-state index is 0.187. The molecule has 1 aliphatic heterocycles. The molecule has 0 radical (unpaired) electrons. The number of piperidine rings is 1. The normalized spacial score (nSPS) is 17.3. The summed E-state index contributed by atoms with van der Waals surface area (Å²) >= 11 is 3.32. The van der Waals surface area contributed by atoms with E-state index in [1.54, 1.807) is 0 Å². The van der Waals surface area contributed by atoms with Crippen LogP contribution >= 0.6 is 15.9 Å².